The molecule has 0 saturated carbocycles. The summed E-state index contributed by atoms with van der Waals surface area (Å²) in [6.07, 6.45) is 0. The molecule has 0 aliphatic rings. The second kappa shape index (κ2) is 175. The van der Waals surface area contributed by atoms with E-state index >= 15 is 0 Å². The minimum absolute atomic E-state index is 0. The van der Waals surface area contributed by atoms with Crippen molar-refractivity contribution in [1.82, 2.24) is 0 Å². The Kier molecular flexibility index (Phi) is 1130. The molecule has 13 N–H and O–H groups in total. The maximum absolute atomic E-state index is 7.57. The van der Waals surface area contributed by atoms with Gasteiger partial charge in [0.1, 0.15) is 0 Å². The summed E-state index contributed by atoms with van der Waals surface area (Å²) >= 11 is 0.382. The average Bonchev–Trinajstić information content (AvgIpc) is 1.39. The molecule has 7 nitrogen and oxygen atoms in total. The standard InChI is InChI=1S/C2H6O.2ClH.Co.6H2O/c1-2-3;;;;;;;;;/h3H,2H2,1H3;2*1H;;6*1H2/q;;;+2;;;;;;/p-2. The predicted molar refractivity (Wildman–Crippen MR) is 46.1 cm³/mol. The number of aliphatic hydroxyl groups is 1. The third-order valence-corrected chi connectivity index (χ3v) is 0. The van der Waals surface area contributed by atoms with Crippen LogP contribution in [0, 0.1) is 0 Å². The van der Waals surface area contributed by atoms with Crippen LogP contribution in [-0.4, -0.2) is 44.6 Å². The van der Waals surface area contributed by atoms with E-state index in [2.05, 4.69) is 0 Å². The van der Waals surface area contributed by atoms with Crippen LogP contribution >= 0.6 is 20.3 Å². The Balaban J connectivity index is -0.00000000296. The zero-order valence-electron chi connectivity index (χ0n) is 6.24. The van der Waals surface area contributed by atoms with Crippen LogP contribution in [0.5, 0.6) is 0 Å². The van der Waals surface area contributed by atoms with Gasteiger partial charge in [-0.15, -0.1) is 0 Å². The summed E-state index contributed by atoms with van der Waals surface area (Å²) in [4.78, 5) is 0. The summed E-state index contributed by atoms with van der Waals surface area (Å²) in [5.74, 6) is 0. The van der Waals surface area contributed by atoms with Crippen molar-refractivity contribution in [3.8, 4) is 0 Å². The molecule has 12 heavy (non-hydrogen) atoms. The molecule has 0 unspecified atom stereocenters. The number of halogens is 2. The van der Waals surface area contributed by atoms with Crippen molar-refractivity contribution >= 4 is 20.3 Å². The van der Waals surface area contributed by atoms with Gasteiger partial charge in [0.15, 0.2) is 0 Å². The first-order valence-corrected chi connectivity index (χ1v) is 4.14. The van der Waals surface area contributed by atoms with Crippen LogP contribution in [0.1, 0.15) is 6.92 Å². The van der Waals surface area contributed by atoms with E-state index in [0.29, 0.717) is 12.9 Å². The Morgan fingerprint density at radius 1 is 0.917 bits per heavy atom. The van der Waals surface area contributed by atoms with Crippen molar-refractivity contribution in [1.29, 1.82) is 0 Å². The van der Waals surface area contributed by atoms with Crippen LogP contribution in [0.4, 0.5) is 0 Å². The zero-order chi connectivity index (χ0) is 5.41. The second-order valence-corrected chi connectivity index (χ2v) is 2.08. The van der Waals surface area contributed by atoms with Gasteiger partial charge in [0.05, 0.1) is 0 Å². The SMILES string of the molecule is CCO.O.O.O.O.O.O.[Cl][Co][Cl]. The molecule has 0 amide bonds. The molecule has 0 atom stereocenters. The van der Waals surface area contributed by atoms with Gasteiger partial charge in [0.2, 0.25) is 0 Å². The van der Waals surface area contributed by atoms with Crippen LogP contribution in [0.25, 0.3) is 0 Å². The Hall–Kier alpha value is 0.806. The van der Waals surface area contributed by atoms with E-state index in [0.717, 1.165) is 0 Å². The van der Waals surface area contributed by atoms with E-state index in [9.17, 15) is 0 Å². The van der Waals surface area contributed by atoms with Crippen molar-refractivity contribution in [2.45, 2.75) is 6.92 Å². The Morgan fingerprint density at radius 2 is 0.917 bits per heavy atom. The molecule has 0 rings (SSSR count). The molecule has 10 heteroatoms. The fourth-order valence-electron chi connectivity index (χ4n) is 0. The van der Waals surface area contributed by atoms with Crippen molar-refractivity contribution in [2.75, 3.05) is 6.61 Å². The average molecular weight is 284 g/mol. The van der Waals surface area contributed by atoms with Gasteiger partial charge in [-0.1, -0.05) is 0 Å². The van der Waals surface area contributed by atoms with Crippen molar-refractivity contribution in [3.05, 3.63) is 0 Å². The Bertz CT molecular complexity index is 21.4. The molecule has 0 aliphatic carbocycles. The second-order valence-electron chi connectivity index (χ2n) is 0.364. The predicted octanol–water partition coefficient (Wildman–Crippen LogP) is -3.57. The van der Waals surface area contributed by atoms with Gasteiger partial charge in [0.25, 0.3) is 0 Å². The molecule has 0 saturated heterocycles. The summed E-state index contributed by atoms with van der Waals surface area (Å²) in [6, 6.07) is 0. The van der Waals surface area contributed by atoms with E-state index in [4.69, 9.17) is 25.4 Å². The van der Waals surface area contributed by atoms with Gasteiger partial charge in [-0.3, -0.25) is 0 Å². The topological polar surface area (TPSA) is 209 Å². The molecule has 0 heterocycles. The third-order valence-electron chi connectivity index (χ3n) is 0. The van der Waals surface area contributed by atoms with E-state index < -0.39 is 0 Å². The molecule has 0 aromatic carbocycles. The maximum atomic E-state index is 7.57. The minimum atomic E-state index is 0. The van der Waals surface area contributed by atoms with Crippen LogP contribution in [0.2, 0.25) is 0 Å². The van der Waals surface area contributed by atoms with Crippen LogP contribution in [-0.2, 0) is 12.9 Å². The van der Waals surface area contributed by atoms with Crippen LogP contribution in [0.3, 0.4) is 0 Å². The first-order valence-electron chi connectivity index (χ1n) is 1.28. The first-order chi connectivity index (χ1) is 2.83. The molecule has 91 valence electrons. The van der Waals surface area contributed by atoms with Crippen LogP contribution < -0.4 is 0 Å². The molecule has 0 fully saturated rings. The number of hydrogen-bond donors (Lipinski definition) is 1. The van der Waals surface area contributed by atoms with E-state index in [1.165, 1.54) is 0 Å². The third kappa shape index (κ3) is 1600. The summed E-state index contributed by atoms with van der Waals surface area (Å²) in [5.41, 5.74) is 0. The fraction of sp³-hybridized carbons (Fsp3) is 1.00. The Labute approximate surface area is 85.0 Å². The molecule has 0 spiro atoms. The normalized spacial score (nSPS) is 3.33. The molecular formula is C2H18Cl2CoO7. The Morgan fingerprint density at radius 3 is 0.917 bits per heavy atom. The monoisotopic (exact) mass is 283 g/mol. The molecule has 0 aromatic heterocycles. The molecule has 0 bridgehead atoms. The molecule has 0 aliphatic heterocycles. The van der Waals surface area contributed by atoms with Crippen molar-refractivity contribution in [2.24, 2.45) is 0 Å². The van der Waals surface area contributed by atoms with E-state index in [-0.39, 0.29) is 39.5 Å². The molecule has 0 radical (unpaired) electrons. The molecular weight excluding hydrogens is 266 g/mol. The summed E-state index contributed by atoms with van der Waals surface area (Å²) < 4.78 is 0. The van der Waals surface area contributed by atoms with Gasteiger partial charge in [-0.05, 0) is 6.92 Å². The van der Waals surface area contributed by atoms with E-state index in [1.807, 2.05) is 0 Å². The van der Waals surface area contributed by atoms with Crippen LogP contribution in [0.15, 0.2) is 0 Å². The van der Waals surface area contributed by atoms with Gasteiger partial charge in [-0.25, -0.2) is 0 Å². The van der Waals surface area contributed by atoms with Gasteiger partial charge >= 0.3 is 33.2 Å². The summed E-state index contributed by atoms with van der Waals surface area (Å²) in [5, 5.41) is 7.57. The number of rotatable bonds is 0. The summed E-state index contributed by atoms with van der Waals surface area (Å²) in [6.45, 7) is 1.93. The van der Waals surface area contributed by atoms with Gasteiger partial charge < -0.3 is 38.0 Å². The molecule has 0 aromatic rings. The fourth-order valence-corrected chi connectivity index (χ4v) is 0. The summed E-state index contributed by atoms with van der Waals surface area (Å²) in [7, 11) is 9.47. The number of hydrogen-bond acceptors (Lipinski definition) is 1. The number of aliphatic hydroxyl groups excluding tert-OH is 1. The van der Waals surface area contributed by atoms with Crippen molar-refractivity contribution < 1.29 is 50.9 Å². The quantitative estimate of drug-likeness (QED) is 0.469. The van der Waals surface area contributed by atoms with Gasteiger partial charge in [-0.2, -0.15) is 0 Å². The first kappa shape index (κ1) is 77.3. The zero-order valence-corrected chi connectivity index (χ0v) is 8.80. The van der Waals surface area contributed by atoms with Gasteiger partial charge in [0, 0.05) is 6.61 Å². The van der Waals surface area contributed by atoms with Crippen molar-refractivity contribution in [3.63, 3.8) is 0 Å². The van der Waals surface area contributed by atoms with E-state index in [1.54, 1.807) is 6.92 Å².